The lowest BCUT2D eigenvalue weighted by atomic mass is 9.73. The minimum Gasteiger partial charge on any atom is -0.360 e. The van der Waals surface area contributed by atoms with Crippen LogP contribution in [0.1, 0.15) is 55.8 Å². The van der Waals surface area contributed by atoms with E-state index in [0.29, 0.717) is 5.41 Å². The molecule has 2 atom stereocenters. The normalized spacial score (nSPS) is 34.5. The summed E-state index contributed by atoms with van der Waals surface area (Å²) in [6, 6.07) is 5.53. The second kappa shape index (κ2) is 3.79. The number of fused-ring (bicyclic) bond motifs is 1. The standard InChI is InChI=1S/C16H17F3O/c17-16(18,19)12-5-3-11(4-6-12)13-15(20-13)8-2-1-7-14(15)9-10-14/h3-6,13H,1-2,7-10H2. The Hall–Kier alpha value is -1.03. The van der Waals surface area contributed by atoms with Crippen molar-refractivity contribution in [2.24, 2.45) is 5.41 Å². The SMILES string of the molecule is FC(F)(F)c1ccc(C2OC23CCCCC32CC2)cc1. The van der Waals surface area contributed by atoms with Crippen LogP contribution in [0.5, 0.6) is 0 Å². The first kappa shape index (κ1) is 12.7. The monoisotopic (exact) mass is 282 g/mol. The van der Waals surface area contributed by atoms with Gasteiger partial charge in [0.1, 0.15) is 11.7 Å². The average molecular weight is 282 g/mol. The number of halogens is 3. The van der Waals surface area contributed by atoms with Crippen LogP contribution >= 0.6 is 0 Å². The van der Waals surface area contributed by atoms with Crippen molar-refractivity contribution in [1.29, 1.82) is 0 Å². The molecule has 108 valence electrons. The van der Waals surface area contributed by atoms with E-state index in [2.05, 4.69) is 0 Å². The summed E-state index contributed by atoms with van der Waals surface area (Å²) >= 11 is 0. The van der Waals surface area contributed by atoms with Crippen LogP contribution in [-0.2, 0) is 10.9 Å². The third-order valence-electron chi connectivity index (χ3n) is 5.44. The molecular weight excluding hydrogens is 265 g/mol. The van der Waals surface area contributed by atoms with E-state index < -0.39 is 11.7 Å². The van der Waals surface area contributed by atoms with Crippen LogP contribution in [-0.4, -0.2) is 5.60 Å². The van der Waals surface area contributed by atoms with E-state index in [0.717, 1.165) is 12.0 Å². The molecule has 0 bridgehead atoms. The van der Waals surface area contributed by atoms with Crippen LogP contribution in [0.2, 0.25) is 0 Å². The molecule has 1 aliphatic heterocycles. The Morgan fingerprint density at radius 1 is 0.950 bits per heavy atom. The molecule has 1 saturated heterocycles. The number of hydrogen-bond acceptors (Lipinski definition) is 1. The molecule has 4 heteroatoms. The minimum atomic E-state index is -4.26. The summed E-state index contributed by atoms with van der Waals surface area (Å²) < 4.78 is 43.8. The van der Waals surface area contributed by atoms with Crippen molar-refractivity contribution in [3.63, 3.8) is 0 Å². The summed E-state index contributed by atoms with van der Waals surface area (Å²) in [6.07, 6.45) is 2.96. The van der Waals surface area contributed by atoms with E-state index in [-0.39, 0.29) is 11.7 Å². The number of rotatable bonds is 1. The summed E-state index contributed by atoms with van der Waals surface area (Å²) in [5.41, 5.74) is 0.621. The summed E-state index contributed by atoms with van der Waals surface area (Å²) in [5.74, 6) is 0. The fourth-order valence-corrected chi connectivity index (χ4v) is 4.11. The summed E-state index contributed by atoms with van der Waals surface area (Å²) in [4.78, 5) is 0. The number of hydrogen-bond donors (Lipinski definition) is 0. The Balaban J connectivity index is 1.58. The smallest absolute Gasteiger partial charge is 0.360 e. The van der Waals surface area contributed by atoms with Gasteiger partial charge in [0.2, 0.25) is 0 Å². The lowest BCUT2D eigenvalue weighted by molar-refractivity contribution is -0.137. The largest absolute Gasteiger partial charge is 0.416 e. The van der Waals surface area contributed by atoms with Gasteiger partial charge in [-0.25, -0.2) is 0 Å². The number of epoxide rings is 1. The van der Waals surface area contributed by atoms with Crippen LogP contribution in [0.3, 0.4) is 0 Å². The number of benzene rings is 1. The zero-order chi connectivity index (χ0) is 14.0. The van der Waals surface area contributed by atoms with Crippen LogP contribution in [0.15, 0.2) is 24.3 Å². The van der Waals surface area contributed by atoms with Gasteiger partial charge >= 0.3 is 6.18 Å². The summed E-state index contributed by atoms with van der Waals surface area (Å²) in [5, 5.41) is 0. The fraction of sp³-hybridized carbons (Fsp3) is 0.625. The van der Waals surface area contributed by atoms with Gasteiger partial charge < -0.3 is 4.74 Å². The zero-order valence-electron chi connectivity index (χ0n) is 11.2. The molecule has 3 aliphatic rings. The molecule has 1 aromatic carbocycles. The predicted octanol–water partition coefficient (Wildman–Crippen LogP) is 4.87. The van der Waals surface area contributed by atoms with E-state index in [1.165, 1.54) is 44.2 Å². The molecule has 4 rings (SSSR count). The molecule has 1 nitrogen and oxygen atoms in total. The highest BCUT2D eigenvalue weighted by Crippen LogP contribution is 2.74. The van der Waals surface area contributed by atoms with Crippen LogP contribution in [0, 0.1) is 5.41 Å². The highest BCUT2D eigenvalue weighted by atomic mass is 19.4. The molecule has 2 unspecified atom stereocenters. The van der Waals surface area contributed by atoms with Gasteiger partial charge in [0.25, 0.3) is 0 Å². The van der Waals surface area contributed by atoms with Crippen LogP contribution in [0.4, 0.5) is 13.2 Å². The third-order valence-corrected chi connectivity index (χ3v) is 5.44. The maximum atomic E-state index is 12.6. The fourth-order valence-electron chi connectivity index (χ4n) is 4.11. The Bertz CT molecular complexity index is 530. The van der Waals surface area contributed by atoms with E-state index in [4.69, 9.17) is 4.74 Å². The van der Waals surface area contributed by atoms with Gasteiger partial charge in [-0.3, -0.25) is 0 Å². The molecule has 20 heavy (non-hydrogen) atoms. The van der Waals surface area contributed by atoms with Gasteiger partial charge in [-0.05, 0) is 43.4 Å². The van der Waals surface area contributed by atoms with Gasteiger partial charge in [-0.15, -0.1) is 0 Å². The highest BCUT2D eigenvalue weighted by Gasteiger charge is 2.73. The van der Waals surface area contributed by atoms with Crippen molar-refractivity contribution in [2.75, 3.05) is 0 Å². The summed E-state index contributed by atoms with van der Waals surface area (Å²) in [7, 11) is 0. The molecule has 2 spiro atoms. The Morgan fingerprint density at radius 2 is 1.60 bits per heavy atom. The Labute approximate surface area is 116 Å². The first-order chi connectivity index (χ1) is 9.47. The number of alkyl halides is 3. The van der Waals surface area contributed by atoms with E-state index >= 15 is 0 Å². The molecular formula is C16H17F3O. The molecule has 1 heterocycles. The lowest BCUT2D eigenvalue weighted by Crippen LogP contribution is -2.30. The van der Waals surface area contributed by atoms with E-state index in [9.17, 15) is 13.2 Å². The Kier molecular flexibility index (Phi) is 2.40. The van der Waals surface area contributed by atoms with Crippen molar-refractivity contribution in [1.82, 2.24) is 0 Å². The van der Waals surface area contributed by atoms with Crippen LogP contribution < -0.4 is 0 Å². The van der Waals surface area contributed by atoms with Crippen LogP contribution in [0.25, 0.3) is 0 Å². The second-order valence-electron chi connectivity index (χ2n) is 6.49. The second-order valence-corrected chi connectivity index (χ2v) is 6.49. The van der Waals surface area contributed by atoms with Gasteiger partial charge in [0.15, 0.2) is 0 Å². The van der Waals surface area contributed by atoms with Crippen molar-refractivity contribution in [3.8, 4) is 0 Å². The van der Waals surface area contributed by atoms with Gasteiger partial charge in [-0.1, -0.05) is 25.0 Å². The zero-order valence-corrected chi connectivity index (χ0v) is 11.2. The first-order valence-electron chi connectivity index (χ1n) is 7.32. The molecule has 0 aromatic heterocycles. The van der Waals surface area contributed by atoms with E-state index in [1.54, 1.807) is 12.1 Å². The number of ether oxygens (including phenoxy) is 1. The highest BCUT2D eigenvalue weighted by molar-refractivity contribution is 5.34. The summed E-state index contributed by atoms with van der Waals surface area (Å²) in [6.45, 7) is 0. The van der Waals surface area contributed by atoms with E-state index in [1.807, 2.05) is 0 Å². The maximum absolute atomic E-state index is 12.6. The van der Waals surface area contributed by atoms with Crippen molar-refractivity contribution in [3.05, 3.63) is 35.4 Å². The van der Waals surface area contributed by atoms with Crippen molar-refractivity contribution < 1.29 is 17.9 Å². The van der Waals surface area contributed by atoms with Gasteiger partial charge in [-0.2, -0.15) is 13.2 Å². The molecule has 2 aliphatic carbocycles. The molecule has 0 amide bonds. The minimum absolute atomic E-state index is 0.0209. The first-order valence-corrected chi connectivity index (χ1v) is 7.32. The van der Waals surface area contributed by atoms with Crippen molar-refractivity contribution in [2.45, 2.75) is 56.4 Å². The predicted molar refractivity (Wildman–Crippen MR) is 68.1 cm³/mol. The molecule has 0 N–H and O–H groups in total. The molecule has 0 radical (unpaired) electrons. The average Bonchev–Trinajstić information content (AvgIpc) is 3.29. The third kappa shape index (κ3) is 1.67. The molecule has 1 aromatic rings. The molecule has 2 saturated carbocycles. The quantitative estimate of drug-likeness (QED) is 0.669. The topological polar surface area (TPSA) is 12.5 Å². The molecule has 3 fully saturated rings. The van der Waals surface area contributed by atoms with Crippen molar-refractivity contribution >= 4 is 0 Å². The lowest BCUT2D eigenvalue weighted by Gasteiger charge is -2.29. The van der Waals surface area contributed by atoms with Gasteiger partial charge in [0, 0.05) is 5.41 Å². The Morgan fingerprint density at radius 3 is 2.20 bits per heavy atom. The van der Waals surface area contributed by atoms with Gasteiger partial charge in [0.05, 0.1) is 5.56 Å². The maximum Gasteiger partial charge on any atom is 0.416 e.